The molecular weight excluding hydrogens is 156 g/mol. The first kappa shape index (κ1) is 7.37. The summed E-state index contributed by atoms with van der Waals surface area (Å²) in [5, 5.41) is 0. The van der Waals surface area contributed by atoms with Gasteiger partial charge in [-0.05, 0) is 36.7 Å². The SMILES string of the molecule is C1=CC2CC3=C(CC=C3)CC2C=C1. The van der Waals surface area contributed by atoms with Crippen molar-refractivity contribution < 1.29 is 0 Å². The molecule has 0 aromatic carbocycles. The quantitative estimate of drug-likeness (QED) is 0.522. The molecule has 0 aromatic heterocycles. The van der Waals surface area contributed by atoms with Crippen LogP contribution >= 0.6 is 0 Å². The summed E-state index contributed by atoms with van der Waals surface area (Å²) in [6.07, 6.45) is 17.6. The lowest BCUT2D eigenvalue weighted by atomic mass is 9.75. The van der Waals surface area contributed by atoms with Crippen LogP contribution < -0.4 is 0 Å². The van der Waals surface area contributed by atoms with E-state index in [4.69, 9.17) is 0 Å². The maximum absolute atomic E-state index is 2.38. The molecule has 2 unspecified atom stereocenters. The first-order chi connectivity index (χ1) is 6.43. The summed E-state index contributed by atoms with van der Waals surface area (Å²) < 4.78 is 0. The number of hydrogen-bond acceptors (Lipinski definition) is 0. The Labute approximate surface area is 79.3 Å². The zero-order valence-electron chi connectivity index (χ0n) is 7.74. The molecule has 0 bridgehead atoms. The van der Waals surface area contributed by atoms with Crippen molar-refractivity contribution in [1.82, 2.24) is 0 Å². The van der Waals surface area contributed by atoms with Crippen LogP contribution in [0.5, 0.6) is 0 Å². The van der Waals surface area contributed by atoms with Gasteiger partial charge in [0.1, 0.15) is 0 Å². The molecule has 3 aliphatic carbocycles. The normalized spacial score (nSPS) is 35.1. The van der Waals surface area contributed by atoms with Crippen molar-refractivity contribution in [2.45, 2.75) is 19.3 Å². The van der Waals surface area contributed by atoms with Gasteiger partial charge in [0.05, 0.1) is 0 Å². The molecule has 3 rings (SSSR count). The average molecular weight is 170 g/mol. The van der Waals surface area contributed by atoms with Crippen LogP contribution in [0.2, 0.25) is 0 Å². The molecule has 13 heavy (non-hydrogen) atoms. The van der Waals surface area contributed by atoms with Crippen LogP contribution in [0.4, 0.5) is 0 Å². The molecule has 0 aromatic rings. The Kier molecular flexibility index (Phi) is 1.55. The third-order valence-corrected chi connectivity index (χ3v) is 3.45. The Morgan fingerprint density at radius 1 is 1.00 bits per heavy atom. The van der Waals surface area contributed by atoms with E-state index in [1.165, 1.54) is 19.3 Å². The third-order valence-electron chi connectivity index (χ3n) is 3.45. The number of hydrogen-bond donors (Lipinski definition) is 0. The molecule has 66 valence electrons. The molecule has 0 nitrogen and oxygen atoms in total. The van der Waals surface area contributed by atoms with Crippen LogP contribution in [-0.2, 0) is 0 Å². The van der Waals surface area contributed by atoms with Gasteiger partial charge in [0.2, 0.25) is 0 Å². The standard InChI is InChI=1S/C13H14/c1-2-5-11-9-13-7-3-6-12(13)8-10(11)4-1/h1-6,10-11H,7-9H2. The van der Waals surface area contributed by atoms with E-state index >= 15 is 0 Å². The Balaban J connectivity index is 1.93. The van der Waals surface area contributed by atoms with E-state index < -0.39 is 0 Å². The highest BCUT2D eigenvalue weighted by molar-refractivity contribution is 5.38. The van der Waals surface area contributed by atoms with Gasteiger partial charge in [-0.2, -0.15) is 0 Å². The van der Waals surface area contributed by atoms with Crippen molar-refractivity contribution in [3.8, 4) is 0 Å². The third kappa shape index (κ3) is 1.13. The first-order valence-electron chi connectivity index (χ1n) is 5.16. The summed E-state index contributed by atoms with van der Waals surface area (Å²) in [6, 6.07) is 0. The molecular formula is C13H14. The smallest absolute Gasteiger partial charge is 0.0124 e. The second kappa shape index (κ2) is 2.73. The minimum Gasteiger partial charge on any atom is -0.0805 e. The van der Waals surface area contributed by atoms with E-state index in [9.17, 15) is 0 Å². The van der Waals surface area contributed by atoms with Crippen molar-refractivity contribution >= 4 is 0 Å². The van der Waals surface area contributed by atoms with Gasteiger partial charge in [0.15, 0.2) is 0 Å². The molecule has 0 radical (unpaired) electrons. The van der Waals surface area contributed by atoms with E-state index in [1.807, 2.05) is 0 Å². The van der Waals surface area contributed by atoms with Crippen LogP contribution in [0.3, 0.4) is 0 Å². The van der Waals surface area contributed by atoms with E-state index in [0.29, 0.717) is 0 Å². The Morgan fingerprint density at radius 3 is 2.62 bits per heavy atom. The van der Waals surface area contributed by atoms with E-state index in [0.717, 1.165) is 11.8 Å². The minimum atomic E-state index is 0.784. The van der Waals surface area contributed by atoms with Crippen LogP contribution in [0.15, 0.2) is 47.6 Å². The van der Waals surface area contributed by atoms with Crippen LogP contribution in [0.25, 0.3) is 0 Å². The number of fused-ring (bicyclic) bond motifs is 1. The highest BCUT2D eigenvalue weighted by Gasteiger charge is 2.27. The molecule has 3 aliphatic rings. The Hall–Kier alpha value is -1.04. The second-order valence-corrected chi connectivity index (χ2v) is 4.24. The maximum atomic E-state index is 2.38. The molecule has 0 heterocycles. The molecule has 0 saturated heterocycles. The van der Waals surface area contributed by atoms with Crippen molar-refractivity contribution in [3.63, 3.8) is 0 Å². The summed E-state index contributed by atoms with van der Waals surface area (Å²) >= 11 is 0. The fourth-order valence-electron chi connectivity index (χ4n) is 2.70. The van der Waals surface area contributed by atoms with Gasteiger partial charge < -0.3 is 0 Å². The van der Waals surface area contributed by atoms with Gasteiger partial charge in [-0.1, -0.05) is 42.0 Å². The Morgan fingerprint density at radius 2 is 1.77 bits per heavy atom. The van der Waals surface area contributed by atoms with E-state index in [-0.39, 0.29) is 0 Å². The largest absolute Gasteiger partial charge is 0.0805 e. The molecule has 2 atom stereocenters. The van der Waals surface area contributed by atoms with Gasteiger partial charge in [-0.25, -0.2) is 0 Å². The molecule has 0 aliphatic heterocycles. The average Bonchev–Trinajstić information content (AvgIpc) is 2.61. The van der Waals surface area contributed by atoms with Gasteiger partial charge in [-0.3, -0.25) is 0 Å². The number of rotatable bonds is 0. The highest BCUT2D eigenvalue weighted by Crippen LogP contribution is 2.41. The van der Waals surface area contributed by atoms with Crippen molar-refractivity contribution in [2.75, 3.05) is 0 Å². The molecule has 0 spiro atoms. The lowest BCUT2D eigenvalue weighted by Crippen LogP contribution is -2.18. The lowest BCUT2D eigenvalue weighted by Gasteiger charge is -2.30. The van der Waals surface area contributed by atoms with Crippen molar-refractivity contribution in [3.05, 3.63) is 47.6 Å². The minimum absolute atomic E-state index is 0.784. The lowest BCUT2D eigenvalue weighted by molar-refractivity contribution is 0.438. The first-order valence-corrected chi connectivity index (χ1v) is 5.16. The molecule has 0 fully saturated rings. The Bertz CT molecular complexity index is 339. The van der Waals surface area contributed by atoms with Gasteiger partial charge >= 0.3 is 0 Å². The molecule has 0 N–H and O–H groups in total. The van der Waals surface area contributed by atoms with Gasteiger partial charge in [0, 0.05) is 0 Å². The number of allylic oxidation sites excluding steroid dienone is 8. The molecule has 0 heteroatoms. The van der Waals surface area contributed by atoms with E-state index in [1.54, 1.807) is 11.1 Å². The summed E-state index contributed by atoms with van der Waals surface area (Å²) in [4.78, 5) is 0. The zero-order chi connectivity index (χ0) is 8.67. The fourth-order valence-corrected chi connectivity index (χ4v) is 2.70. The highest BCUT2D eigenvalue weighted by atomic mass is 14.3. The monoisotopic (exact) mass is 170 g/mol. The van der Waals surface area contributed by atoms with Crippen molar-refractivity contribution in [1.29, 1.82) is 0 Å². The topological polar surface area (TPSA) is 0 Å². The van der Waals surface area contributed by atoms with E-state index in [2.05, 4.69) is 36.5 Å². The fraction of sp³-hybridized carbons (Fsp3) is 0.385. The van der Waals surface area contributed by atoms with Gasteiger partial charge in [0.25, 0.3) is 0 Å². The predicted octanol–water partition coefficient (Wildman–Crippen LogP) is 3.40. The summed E-state index contributed by atoms with van der Waals surface area (Å²) in [7, 11) is 0. The summed E-state index contributed by atoms with van der Waals surface area (Å²) in [5.74, 6) is 1.58. The second-order valence-electron chi connectivity index (χ2n) is 4.24. The van der Waals surface area contributed by atoms with Gasteiger partial charge in [-0.15, -0.1) is 0 Å². The van der Waals surface area contributed by atoms with Crippen LogP contribution in [-0.4, -0.2) is 0 Å². The van der Waals surface area contributed by atoms with Crippen LogP contribution in [0, 0.1) is 11.8 Å². The molecule has 0 amide bonds. The zero-order valence-corrected chi connectivity index (χ0v) is 7.74. The van der Waals surface area contributed by atoms with Crippen LogP contribution in [0.1, 0.15) is 19.3 Å². The summed E-state index contributed by atoms with van der Waals surface area (Å²) in [6.45, 7) is 0. The maximum Gasteiger partial charge on any atom is -0.0124 e. The van der Waals surface area contributed by atoms with Crippen molar-refractivity contribution in [2.24, 2.45) is 11.8 Å². The summed E-state index contributed by atoms with van der Waals surface area (Å²) in [5.41, 5.74) is 3.32. The predicted molar refractivity (Wildman–Crippen MR) is 55.3 cm³/mol. The molecule has 0 saturated carbocycles.